The molecule has 0 aromatic carbocycles. The van der Waals surface area contributed by atoms with Gasteiger partial charge in [0.05, 0.1) is 2.75 Å². The second-order valence-corrected chi connectivity index (χ2v) is 11.7. The van der Waals surface area contributed by atoms with Gasteiger partial charge in [-0.2, -0.15) is 0 Å². The van der Waals surface area contributed by atoms with Gasteiger partial charge in [0.2, 0.25) is 0 Å². The molecule has 0 heterocycles. The lowest BCUT2D eigenvalue weighted by Gasteiger charge is -2.12. The molecule has 0 fully saturated rings. The van der Waals surface area contributed by atoms with Gasteiger partial charge in [0, 0.05) is 0 Å². The zero-order chi connectivity index (χ0) is 7.33. The fourth-order valence-corrected chi connectivity index (χ4v) is 7.54. The van der Waals surface area contributed by atoms with Gasteiger partial charge in [-0.1, -0.05) is 44.2 Å². The van der Waals surface area contributed by atoms with Crippen LogP contribution < -0.4 is 0 Å². The minimum absolute atomic E-state index is 0.366. The van der Waals surface area contributed by atoms with E-state index in [-0.39, 0.29) is 0 Å². The molecule has 0 amide bonds. The average Bonchev–Trinajstić information content (AvgIpc) is 1.63. The van der Waals surface area contributed by atoms with E-state index in [1.54, 1.807) is 10.8 Å². The first-order chi connectivity index (χ1) is 4.06. The lowest BCUT2D eigenvalue weighted by molar-refractivity contribution is 1.09. The molecule has 5 heteroatoms. The third-order valence-electron chi connectivity index (χ3n) is 0.328. The Bertz CT molecular complexity index is 69.5. The van der Waals surface area contributed by atoms with Crippen LogP contribution in [0.5, 0.6) is 0 Å². The van der Waals surface area contributed by atoms with Crippen LogP contribution in [0.2, 0.25) is 0 Å². The van der Waals surface area contributed by atoms with Crippen LogP contribution in [-0.4, -0.2) is 9.01 Å². The molecule has 0 radical (unpaired) electrons. The minimum atomic E-state index is 0.366. The standard InChI is InChI=1S/C4H9IS4/c1-4(2,5)7-9-8-6-3/h1-3H3. The molecule has 56 valence electrons. The van der Waals surface area contributed by atoms with Gasteiger partial charge in [-0.05, 0) is 39.8 Å². The van der Waals surface area contributed by atoms with Crippen molar-refractivity contribution >= 4 is 63.8 Å². The molecule has 0 nitrogen and oxygen atoms in total. The number of hydrogen-bond acceptors (Lipinski definition) is 4. The van der Waals surface area contributed by atoms with Crippen LogP contribution in [0, 0.1) is 0 Å². The first-order valence-electron chi connectivity index (χ1n) is 2.30. The molecule has 0 aliphatic rings. The maximum Gasteiger partial charge on any atom is 0.0728 e. The summed E-state index contributed by atoms with van der Waals surface area (Å²) in [5.74, 6) is 0. The summed E-state index contributed by atoms with van der Waals surface area (Å²) in [4.78, 5) is 0. The Labute approximate surface area is 85.8 Å². The molecule has 0 N–H and O–H groups in total. The van der Waals surface area contributed by atoms with Crippen LogP contribution in [0.15, 0.2) is 0 Å². The molecule has 0 unspecified atom stereocenters. The van der Waals surface area contributed by atoms with Crippen molar-refractivity contribution < 1.29 is 0 Å². The highest BCUT2D eigenvalue weighted by Crippen LogP contribution is 2.49. The van der Waals surface area contributed by atoms with Crippen LogP contribution >= 0.6 is 63.8 Å². The SMILES string of the molecule is CSSSSC(C)(C)I. The quantitative estimate of drug-likeness (QED) is 0.325. The Balaban J connectivity index is 3.07. The number of alkyl halides is 1. The van der Waals surface area contributed by atoms with Gasteiger partial charge in [0.1, 0.15) is 0 Å². The molecule has 0 atom stereocenters. The fraction of sp³-hybridized carbons (Fsp3) is 1.00. The average molecular weight is 312 g/mol. The molecule has 0 saturated heterocycles. The van der Waals surface area contributed by atoms with Gasteiger partial charge in [0.15, 0.2) is 0 Å². The Morgan fingerprint density at radius 2 is 1.78 bits per heavy atom. The smallest absolute Gasteiger partial charge is 0.0728 e. The largest absolute Gasteiger partial charge is 0.0852 e. The highest BCUT2D eigenvalue weighted by Gasteiger charge is 2.12. The molecule has 0 bridgehead atoms. The summed E-state index contributed by atoms with van der Waals surface area (Å²) in [5.41, 5.74) is 0. The zero-order valence-corrected chi connectivity index (χ0v) is 10.9. The summed E-state index contributed by atoms with van der Waals surface area (Å²) >= 11 is 2.44. The van der Waals surface area contributed by atoms with Gasteiger partial charge in [-0.3, -0.25) is 0 Å². The number of hydrogen-bond donors (Lipinski definition) is 0. The Morgan fingerprint density at radius 1 is 1.22 bits per heavy atom. The van der Waals surface area contributed by atoms with E-state index in [0.717, 1.165) is 0 Å². The van der Waals surface area contributed by atoms with Crippen LogP contribution in [-0.2, 0) is 0 Å². The molecular weight excluding hydrogens is 303 g/mol. The van der Waals surface area contributed by atoms with Gasteiger partial charge in [-0.15, -0.1) is 0 Å². The number of halogens is 1. The Morgan fingerprint density at radius 3 is 2.11 bits per heavy atom. The van der Waals surface area contributed by atoms with Crippen molar-refractivity contribution in [2.75, 3.05) is 6.26 Å². The van der Waals surface area contributed by atoms with Gasteiger partial charge in [-0.25, -0.2) is 0 Å². The minimum Gasteiger partial charge on any atom is -0.0852 e. The van der Waals surface area contributed by atoms with E-state index >= 15 is 0 Å². The zero-order valence-electron chi connectivity index (χ0n) is 5.51. The summed E-state index contributed by atoms with van der Waals surface area (Å²) in [6.45, 7) is 4.43. The van der Waals surface area contributed by atoms with Crippen molar-refractivity contribution in [1.29, 1.82) is 0 Å². The molecule has 0 aromatic heterocycles. The second-order valence-electron chi connectivity index (χ2n) is 1.75. The second kappa shape index (κ2) is 5.74. The van der Waals surface area contributed by atoms with Crippen LogP contribution in [0.3, 0.4) is 0 Å². The Kier molecular flexibility index (Phi) is 7.10. The highest BCUT2D eigenvalue weighted by molar-refractivity contribution is 14.1. The molecule has 0 aliphatic heterocycles. The van der Waals surface area contributed by atoms with Crippen molar-refractivity contribution in [1.82, 2.24) is 0 Å². The van der Waals surface area contributed by atoms with E-state index in [9.17, 15) is 0 Å². The lowest BCUT2D eigenvalue weighted by Crippen LogP contribution is -1.97. The van der Waals surface area contributed by atoms with Crippen molar-refractivity contribution in [2.45, 2.75) is 16.6 Å². The summed E-state index contributed by atoms with van der Waals surface area (Å²) in [6, 6.07) is 0. The molecule has 0 saturated carbocycles. The van der Waals surface area contributed by atoms with E-state index in [2.05, 4.69) is 42.7 Å². The maximum absolute atomic E-state index is 2.44. The van der Waals surface area contributed by atoms with Gasteiger partial charge < -0.3 is 0 Å². The predicted molar refractivity (Wildman–Crippen MR) is 64.4 cm³/mol. The van der Waals surface area contributed by atoms with E-state index in [1.165, 1.54) is 0 Å². The summed E-state index contributed by atoms with van der Waals surface area (Å²) in [7, 11) is 7.38. The molecule has 9 heavy (non-hydrogen) atoms. The van der Waals surface area contributed by atoms with E-state index in [4.69, 9.17) is 0 Å². The first-order valence-corrected chi connectivity index (χ1v) is 8.60. The maximum atomic E-state index is 2.44. The van der Waals surface area contributed by atoms with Crippen molar-refractivity contribution in [3.63, 3.8) is 0 Å². The van der Waals surface area contributed by atoms with E-state index in [0.29, 0.717) is 2.75 Å². The lowest BCUT2D eigenvalue weighted by atomic mass is 10.6. The summed E-state index contributed by atoms with van der Waals surface area (Å²) < 4.78 is 0.366. The van der Waals surface area contributed by atoms with Gasteiger partial charge >= 0.3 is 0 Å². The predicted octanol–water partition coefficient (Wildman–Crippen LogP) is 4.47. The molecule has 0 aliphatic carbocycles. The van der Waals surface area contributed by atoms with Crippen LogP contribution in [0.4, 0.5) is 0 Å². The number of rotatable bonds is 4. The third kappa shape index (κ3) is 10.1. The molecule has 0 spiro atoms. The fourth-order valence-electron chi connectivity index (χ4n) is 0.123. The Hall–Kier alpha value is 2.13. The molecule has 0 rings (SSSR count). The van der Waals surface area contributed by atoms with E-state index in [1.807, 2.05) is 30.4 Å². The normalized spacial score (nSPS) is 12.0. The van der Waals surface area contributed by atoms with Crippen molar-refractivity contribution in [2.24, 2.45) is 0 Å². The van der Waals surface area contributed by atoms with Crippen LogP contribution in [0.25, 0.3) is 0 Å². The summed E-state index contributed by atoms with van der Waals surface area (Å²) in [5, 5.41) is 0. The van der Waals surface area contributed by atoms with E-state index < -0.39 is 0 Å². The molecule has 0 aromatic rings. The third-order valence-corrected chi connectivity index (χ3v) is 8.41. The molecular formula is C4H9IS4. The summed E-state index contributed by atoms with van der Waals surface area (Å²) in [6.07, 6.45) is 2.10. The first kappa shape index (κ1) is 11.1. The van der Waals surface area contributed by atoms with Gasteiger partial charge in [0.25, 0.3) is 0 Å². The monoisotopic (exact) mass is 312 g/mol. The van der Waals surface area contributed by atoms with Crippen LogP contribution in [0.1, 0.15) is 13.8 Å². The van der Waals surface area contributed by atoms with Crippen molar-refractivity contribution in [3.8, 4) is 0 Å². The highest BCUT2D eigenvalue weighted by atomic mass is 127. The topological polar surface area (TPSA) is 0 Å². The van der Waals surface area contributed by atoms with Crippen molar-refractivity contribution in [3.05, 3.63) is 0 Å².